The fourth-order valence-electron chi connectivity index (χ4n) is 3.15. The number of benzene rings is 2. The maximum absolute atomic E-state index is 13.7. The van der Waals surface area contributed by atoms with Crippen LogP contribution in [0.25, 0.3) is 0 Å². The predicted molar refractivity (Wildman–Crippen MR) is 88.5 cm³/mol. The molecule has 0 saturated carbocycles. The molecule has 0 bridgehead atoms. The van der Waals surface area contributed by atoms with Crippen molar-refractivity contribution in [2.45, 2.75) is 25.9 Å². The topological polar surface area (TPSA) is 49.4 Å². The molecular formula is C19H18F2N2O2. The van der Waals surface area contributed by atoms with Crippen LogP contribution in [0.3, 0.4) is 0 Å². The van der Waals surface area contributed by atoms with E-state index in [4.69, 9.17) is 0 Å². The Balaban J connectivity index is 1.83. The van der Waals surface area contributed by atoms with E-state index in [1.807, 2.05) is 24.3 Å². The molecule has 1 aliphatic rings. The van der Waals surface area contributed by atoms with Gasteiger partial charge in [-0.05, 0) is 35.7 Å². The molecule has 0 saturated heterocycles. The minimum atomic E-state index is -0.765. The zero-order valence-electron chi connectivity index (χ0n) is 13.8. The highest BCUT2D eigenvalue weighted by Crippen LogP contribution is 2.30. The first-order valence-electron chi connectivity index (χ1n) is 8.04. The summed E-state index contributed by atoms with van der Waals surface area (Å²) >= 11 is 0. The number of hydrogen-bond acceptors (Lipinski definition) is 2. The third-order valence-electron chi connectivity index (χ3n) is 4.40. The molecule has 0 spiro atoms. The number of rotatable bonds is 3. The molecule has 3 rings (SSSR count). The summed E-state index contributed by atoms with van der Waals surface area (Å²) in [4.78, 5) is 26.2. The highest BCUT2D eigenvalue weighted by molar-refractivity contribution is 5.88. The molecule has 1 atom stereocenters. The smallest absolute Gasteiger partial charge is 0.247 e. The summed E-state index contributed by atoms with van der Waals surface area (Å²) < 4.78 is 27.0. The normalized spacial score (nSPS) is 16.3. The predicted octanol–water partition coefficient (Wildman–Crippen LogP) is 2.73. The van der Waals surface area contributed by atoms with Crippen molar-refractivity contribution in [2.24, 2.45) is 0 Å². The molecule has 4 nitrogen and oxygen atoms in total. The molecule has 0 fully saturated rings. The fourth-order valence-corrected chi connectivity index (χ4v) is 3.15. The van der Waals surface area contributed by atoms with E-state index in [1.54, 1.807) is 0 Å². The Labute approximate surface area is 144 Å². The van der Waals surface area contributed by atoms with Gasteiger partial charge in [0.05, 0.1) is 0 Å². The van der Waals surface area contributed by atoms with Crippen molar-refractivity contribution in [1.82, 2.24) is 10.2 Å². The highest BCUT2D eigenvalue weighted by atomic mass is 19.1. The van der Waals surface area contributed by atoms with E-state index in [-0.39, 0.29) is 18.0 Å². The second kappa shape index (κ2) is 7.01. The Morgan fingerprint density at radius 3 is 2.72 bits per heavy atom. The Morgan fingerprint density at radius 1 is 1.20 bits per heavy atom. The zero-order chi connectivity index (χ0) is 18.0. The van der Waals surface area contributed by atoms with E-state index in [2.05, 4.69) is 5.32 Å². The number of carbonyl (C=O) groups is 2. The molecule has 2 aromatic carbocycles. The minimum Gasteiger partial charge on any atom is -0.350 e. The highest BCUT2D eigenvalue weighted by Gasteiger charge is 2.34. The van der Waals surface area contributed by atoms with Gasteiger partial charge in [0, 0.05) is 25.6 Å². The summed E-state index contributed by atoms with van der Waals surface area (Å²) in [5.41, 5.74) is 1.84. The van der Waals surface area contributed by atoms with Gasteiger partial charge in [0.15, 0.2) is 0 Å². The average Bonchev–Trinajstić information content (AvgIpc) is 2.61. The molecule has 130 valence electrons. The van der Waals surface area contributed by atoms with Crippen molar-refractivity contribution in [1.29, 1.82) is 0 Å². The first-order chi connectivity index (χ1) is 12.0. The van der Waals surface area contributed by atoms with Crippen LogP contribution >= 0.6 is 0 Å². The molecule has 2 amide bonds. The minimum absolute atomic E-state index is 0.0619. The van der Waals surface area contributed by atoms with Gasteiger partial charge in [-0.25, -0.2) is 8.78 Å². The lowest BCUT2D eigenvalue weighted by atomic mass is 9.92. The molecule has 0 radical (unpaired) electrons. The summed E-state index contributed by atoms with van der Waals surface area (Å²) in [5, 5.41) is 2.62. The standard InChI is InChI=1S/C19H18F2N2O2/c1-12(24)23-9-8-13-4-2-3-5-16(13)18(23)19(25)22-11-14-10-15(20)6-7-17(14)21/h2-7,10,18H,8-9,11H2,1H3,(H,22,25). The maximum atomic E-state index is 13.7. The SMILES string of the molecule is CC(=O)N1CCc2ccccc2C1C(=O)NCc1cc(F)ccc1F. The van der Waals surface area contributed by atoms with Gasteiger partial charge in [0.2, 0.25) is 11.8 Å². The largest absolute Gasteiger partial charge is 0.350 e. The first-order valence-corrected chi connectivity index (χ1v) is 8.04. The fraction of sp³-hybridized carbons (Fsp3) is 0.263. The van der Waals surface area contributed by atoms with Crippen LogP contribution in [0.15, 0.2) is 42.5 Å². The lowest BCUT2D eigenvalue weighted by Gasteiger charge is -2.35. The summed E-state index contributed by atoms with van der Waals surface area (Å²) in [6, 6.07) is 9.78. The van der Waals surface area contributed by atoms with Crippen LogP contribution in [0.5, 0.6) is 0 Å². The third-order valence-corrected chi connectivity index (χ3v) is 4.40. The summed E-state index contributed by atoms with van der Waals surface area (Å²) in [7, 11) is 0. The van der Waals surface area contributed by atoms with E-state index in [1.165, 1.54) is 11.8 Å². The van der Waals surface area contributed by atoms with Gasteiger partial charge < -0.3 is 10.2 Å². The Hall–Kier alpha value is -2.76. The monoisotopic (exact) mass is 344 g/mol. The number of halogens is 2. The molecule has 25 heavy (non-hydrogen) atoms. The van der Waals surface area contributed by atoms with Crippen LogP contribution in [0.2, 0.25) is 0 Å². The summed E-state index contributed by atoms with van der Waals surface area (Å²) in [5.74, 6) is -1.77. The molecular weight excluding hydrogens is 326 g/mol. The van der Waals surface area contributed by atoms with Crippen molar-refractivity contribution in [3.05, 3.63) is 70.8 Å². The maximum Gasteiger partial charge on any atom is 0.247 e. The van der Waals surface area contributed by atoms with Crippen molar-refractivity contribution < 1.29 is 18.4 Å². The van der Waals surface area contributed by atoms with Gasteiger partial charge in [-0.1, -0.05) is 24.3 Å². The number of carbonyl (C=O) groups excluding carboxylic acids is 2. The Bertz CT molecular complexity index is 823. The number of fused-ring (bicyclic) bond motifs is 1. The second-order valence-corrected chi connectivity index (χ2v) is 6.02. The molecule has 2 aromatic rings. The van der Waals surface area contributed by atoms with Gasteiger partial charge in [0.25, 0.3) is 0 Å². The van der Waals surface area contributed by atoms with E-state index >= 15 is 0 Å². The van der Waals surface area contributed by atoms with Crippen LogP contribution in [-0.2, 0) is 22.6 Å². The third kappa shape index (κ3) is 3.52. The lowest BCUT2D eigenvalue weighted by molar-refractivity contribution is -0.139. The molecule has 1 aliphatic heterocycles. The molecule has 6 heteroatoms. The number of hydrogen-bond donors (Lipinski definition) is 1. The van der Waals surface area contributed by atoms with Crippen LogP contribution in [0.4, 0.5) is 8.78 Å². The van der Waals surface area contributed by atoms with Gasteiger partial charge in [-0.15, -0.1) is 0 Å². The van der Waals surface area contributed by atoms with Crippen LogP contribution in [0.1, 0.15) is 29.7 Å². The lowest BCUT2D eigenvalue weighted by Crippen LogP contribution is -2.46. The van der Waals surface area contributed by atoms with Gasteiger partial charge in [0.1, 0.15) is 17.7 Å². The molecule has 0 aliphatic carbocycles. The number of nitrogens with zero attached hydrogens (tertiary/aromatic N) is 1. The van der Waals surface area contributed by atoms with Gasteiger partial charge in [-0.3, -0.25) is 9.59 Å². The summed E-state index contributed by atoms with van der Waals surface area (Å²) in [6.45, 7) is 1.71. The van der Waals surface area contributed by atoms with Crippen molar-refractivity contribution >= 4 is 11.8 Å². The van der Waals surface area contributed by atoms with Crippen LogP contribution in [-0.4, -0.2) is 23.3 Å². The van der Waals surface area contributed by atoms with E-state index in [9.17, 15) is 18.4 Å². The number of amides is 2. The first kappa shape index (κ1) is 17.1. The molecule has 1 unspecified atom stereocenters. The molecule has 0 aromatic heterocycles. The van der Waals surface area contributed by atoms with Crippen LogP contribution in [0, 0.1) is 11.6 Å². The van der Waals surface area contributed by atoms with E-state index in [0.717, 1.165) is 29.3 Å². The van der Waals surface area contributed by atoms with Crippen molar-refractivity contribution in [3.8, 4) is 0 Å². The average molecular weight is 344 g/mol. The van der Waals surface area contributed by atoms with E-state index in [0.29, 0.717) is 13.0 Å². The molecule has 1 N–H and O–H groups in total. The Morgan fingerprint density at radius 2 is 1.96 bits per heavy atom. The summed E-state index contributed by atoms with van der Waals surface area (Å²) in [6.07, 6.45) is 0.679. The van der Waals surface area contributed by atoms with Crippen LogP contribution < -0.4 is 5.32 Å². The molecule has 1 heterocycles. The Kier molecular flexibility index (Phi) is 4.79. The number of nitrogens with one attached hydrogen (secondary N) is 1. The zero-order valence-corrected chi connectivity index (χ0v) is 13.8. The van der Waals surface area contributed by atoms with Crippen molar-refractivity contribution in [2.75, 3.05) is 6.54 Å². The van der Waals surface area contributed by atoms with Gasteiger partial charge in [-0.2, -0.15) is 0 Å². The van der Waals surface area contributed by atoms with Gasteiger partial charge >= 0.3 is 0 Å². The van der Waals surface area contributed by atoms with E-state index < -0.39 is 23.6 Å². The second-order valence-electron chi connectivity index (χ2n) is 6.02. The quantitative estimate of drug-likeness (QED) is 0.931. The van der Waals surface area contributed by atoms with Crippen molar-refractivity contribution in [3.63, 3.8) is 0 Å².